The lowest BCUT2D eigenvalue weighted by molar-refractivity contribution is -0.0596. The largest absolute Gasteiger partial charge is 0.378 e. The summed E-state index contributed by atoms with van der Waals surface area (Å²) in [5, 5.41) is 0. The summed E-state index contributed by atoms with van der Waals surface area (Å²) in [5.41, 5.74) is 0. The fourth-order valence-electron chi connectivity index (χ4n) is 3.53. The summed E-state index contributed by atoms with van der Waals surface area (Å²) in [6.45, 7) is 7.08. The molecule has 0 aromatic carbocycles. The number of hydrogen-bond acceptors (Lipinski definition) is 2. The first-order chi connectivity index (χ1) is 6.86. The van der Waals surface area contributed by atoms with E-state index in [0.29, 0.717) is 0 Å². The highest BCUT2D eigenvalue weighted by Gasteiger charge is 2.43. The Balaban J connectivity index is 1.57. The van der Waals surface area contributed by atoms with Crippen molar-refractivity contribution in [2.45, 2.75) is 32.2 Å². The Morgan fingerprint density at radius 1 is 1.14 bits per heavy atom. The monoisotopic (exact) mass is 195 g/mol. The van der Waals surface area contributed by atoms with Gasteiger partial charge in [0.15, 0.2) is 0 Å². The van der Waals surface area contributed by atoms with E-state index in [0.717, 1.165) is 37.0 Å². The van der Waals surface area contributed by atoms with Gasteiger partial charge < -0.3 is 4.74 Å². The number of fused-ring (bicyclic) bond motifs is 1. The molecule has 0 bridgehead atoms. The van der Waals surface area contributed by atoms with Gasteiger partial charge in [-0.25, -0.2) is 0 Å². The lowest BCUT2D eigenvalue weighted by atomic mass is 10.0. The number of hydrogen-bond donors (Lipinski definition) is 0. The van der Waals surface area contributed by atoms with Crippen LogP contribution in [0.4, 0.5) is 0 Å². The molecule has 0 aromatic heterocycles. The molecule has 2 heterocycles. The van der Waals surface area contributed by atoms with Crippen molar-refractivity contribution in [2.75, 3.05) is 26.3 Å². The van der Waals surface area contributed by atoms with Crippen molar-refractivity contribution in [1.29, 1.82) is 0 Å². The molecule has 2 heteroatoms. The maximum absolute atomic E-state index is 5.27. The molecule has 80 valence electrons. The minimum absolute atomic E-state index is 0.778. The molecule has 2 nitrogen and oxygen atoms in total. The average Bonchev–Trinajstić information content (AvgIpc) is 2.57. The number of nitrogens with zero attached hydrogens (tertiary/aromatic N) is 1. The van der Waals surface area contributed by atoms with Gasteiger partial charge in [-0.15, -0.1) is 0 Å². The molecule has 2 unspecified atom stereocenters. The van der Waals surface area contributed by atoms with E-state index in [-0.39, 0.29) is 0 Å². The quantitative estimate of drug-likeness (QED) is 0.665. The van der Waals surface area contributed by atoms with Crippen molar-refractivity contribution in [3.8, 4) is 0 Å². The van der Waals surface area contributed by atoms with Gasteiger partial charge in [-0.1, -0.05) is 13.3 Å². The predicted molar refractivity (Wildman–Crippen MR) is 56.2 cm³/mol. The zero-order valence-corrected chi connectivity index (χ0v) is 9.11. The van der Waals surface area contributed by atoms with Crippen LogP contribution >= 0.6 is 0 Å². The van der Waals surface area contributed by atoms with E-state index < -0.39 is 0 Å². The van der Waals surface area contributed by atoms with Gasteiger partial charge in [0, 0.05) is 13.1 Å². The van der Waals surface area contributed by atoms with Crippen LogP contribution in [0.15, 0.2) is 0 Å². The van der Waals surface area contributed by atoms with E-state index in [9.17, 15) is 0 Å². The third-order valence-corrected chi connectivity index (χ3v) is 4.59. The highest BCUT2D eigenvalue weighted by atomic mass is 16.5. The molecule has 0 N–H and O–H groups in total. The van der Waals surface area contributed by atoms with Crippen molar-refractivity contribution in [3.63, 3.8) is 0 Å². The summed E-state index contributed by atoms with van der Waals surface area (Å²) in [6.07, 6.45) is 4.41. The van der Waals surface area contributed by atoms with Crippen LogP contribution in [0.5, 0.6) is 0 Å². The fourth-order valence-corrected chi connectivity index (χ4v) is 3.53. The lowest BCUT2D eigenvalue weighted by Crippen LogP contribution is -2.48. The second-order valence-corrected chi connectivity index (χ2v) is 5.41. The van der Waals surface area contributed by atoms with E-state index in [4.69, 9.17) is 4.74 Å². The van der Waals surface area contributed by atoms with E-state index in [1.165, 1.54) is 32.4 Å². The second-order valence-electron chi connectivity index (χ2n) is 5.41. The van der Waals surface area contributed by atoms with Gasteiger partial charge in [-0.2, -0.15) is 0 Å². The van der Waals surface area contributed by atoms with Crippen LogP contribution in [0.2, 0.25) is 0 Å². The van der Waals surface area contributed by atoms with Crippen molar-refractivity contribution in [1.82, 2.24) is 4.90 Å². The Kier molecular flexibility index (Phi) is 2.29. The molecule has 2 saturated heterocycles. The minimum Gasteiger partial charge on any atom is -0.378 e. The molecular weight excluding hydrogens is 174 g/mol. The highest BCUT2D eigenvalue weighted by Crippen LogP contribution is 2.43. The van der Waals surface area contributed by atoms with Gasteiger partial charge in [0.1, 0.15) is 0 Å². The first-order valence-electron chi connectivity index (χ1n) is 6.18. The zero-order valence-electron chi connectivity index (χ0n) is 9.11. The first-order valence-corrected chi connectivity index (χ1v) is 6.18. The van der Waals surface area contributed by atoms with Gasteiger partial charge in [0.2, 0.25) is 0 Å². The summed E-state index contributed by atoms with van der Waals surface area (Å²) >= 11 is 0. The molecular formula is C12H21NO. The lowest BCUT2D eigenvalue weighted by Gasteiger charge is -2.35. The SMILES string of the molecule is CCC1CC2CN(C3COC3)C[C@H]2C1. The summed E-state index contributed by atoms with van der Waals surface area (Å²) in [6, 6.07) is 0.778. The smallest absolute Gasteiger partial charge is 0.0645 e. The topological polar surface area (TPSA) is 12.5 Å². The number of ether oxygens (including phenoxy) is 1. The van der Waals surface area contributed by atoms with Crippen LogP contribution in [-0.4, -0.2) is 37.2 Å². The molecule has 1 saturated carbocycles. The first kappa shape index (κ1) is 9.17. The third-order valence-electron chi connectivity index (χ3n) is 4.59. The van der Waals surface area contributed by atoms with E-state index in [1.807, 2.05) is 0 Å². The molecule has 0 amide bonds. The molecule has 1 aliphatic carbocycles. The van der Waals surface area contributed by atoms with Gasteiger partial charge in [-0.05, 0) is 30.6 Å². The number of rotatable bonds is 2. The molecule has 3 fully saturated rings. The fraction of sp³-hybridized carbons (Fsp3) is 1.00. The van der Waals surface area contributed by atoms with Crippen LogP contribution in [0.1, 0.15) is 26.2 Å². The van der Waals surface area contributed by atoms with Crippen molar-refractivity contribution < 1.29 is 4.74 Å². The van der Waals surface area contributed by atoms with Crippen LogP contribution < -0.4 is 0 Å². The number of likely N-dealkylation sites (tertiary alicyclic amines) is 1. The van der Waals surface area contributed by atoms with E-state index in [1.54, 1.807) is 0 Å². The summed E-state index contributed by atoms with van der Waals surface area (Å²) in [4.78, 5) is 2.69. The summed E-state index contributed by atoms with van der Waals surface area (Å²) in [7, 11) is 0. The normalized spacial score (nSPS) is 43.9. The van der Waals surface area contributed by atoms with Crippen LogP contribution in [0, 0.1) is 17.8 Å². The molecule has 3 aliphatic rings. The maximum atomic E-state index is 5.27. The van der Waals surface area contributed by atoms with Gasteiger partial charge in [0.05, 0.1) is 19.3 Å². The second kappa shape index (κ2) is 3.49. The van der Waals surface area contributed by atoms with Gasteiger partial charge in [-0.3, -0.25) is 4.90 Å². The Morgan fingerprint density at radius 3 is 2.21 bits per heavy atom. The standard InChI is InChI=1S/C12H21NO/c1-2-9-3-10-5-13(6-11(10)4-9)12-7-14-8-12/h9-12H,2-8H2,1H3/t9?,10-,11?/m1/s1. The third kappa shape index (κ3) is 1.40. The highest BCUT2D eigenvalue weighted by molar-refractivity contribution is 4.95. The van der Waals surface area contributed by atoms with E-state index >= 15 is 0 Å². The van der Waals surface area contributed by atoms with Crippen molar-refractivity contribution >= 4 is 0 Å². The van der Waals surface area contributed by atoms with Gasteiger partial charge in [0.25, 0.3) is 0 Å². The molecule has 3 rings (SSSR count). The molecule has 0 radical (unpaired) electrons. The summed E-state index contributed by atoms with van der Waals surface area (Å²) < 4.78 is 5.27. The minimum atomic E-state index is 0.778. The van der Waals surface area contributed by atoms with Crippen molar-refractivity contribution in [2.24, 2.45) is 17.8 Å². The Hall–Kier alpha value is -0.0800. The molecule has 2 aliphatic heterocycles. The Labute approximate surface area is 86.6 Å². The predicted octanol–water partition coefficient (Wildman–Crippen LogP) is 1.75. The molecule has 14 heavy (non-hydrogen) atoms. The van der Waals surface area contributed by atoms with Crippen LogP contribution in [0.25, 0.3) is 0 Å². The van der Waals surface area contributed by atoms with E-state index in [2.05, 4.69) is 11.8 Å². The zero-order chi connectivity index (χ0) is 9.54. The summed E-state index contributed by atoms with van der Waals surface area (Å²) in [5.74, 6) is 3.10. The average molecular weight is 195 g/mol. The van der Waals surface area contributed by atoms with Crippen LogP contribution in [0.3, 0.4) is 0 Å². The molecule has 3 atom stereocenters. The Bertz CT molecular complexity index is 200. The van der Waals surface area contributed by atoms with Crippen LogP contribution in [-0.2, 0) is 4.74 Å². The Morgan fingerprint density at radius 2 is 1.79 bits per heavy atom. The molecule has 0 spiro atoms. The van der Waals surface area contributed by atoms with Gasteiger partial charge >= 0.3 is 0 Å². The molecule has 0 aromatic rings. The maximum Gasteiger partial charge on any atom is 0.0645 e. The van der Waals surface area contributed by atoms with Crippen molar-refractivity contribution in [3.05, 3.63) is 0 Å².